The maximum absolute atomic E-state index is 12.9. The minimum atomic E-state index is -0.234. The van der Waals surface area contributed by atoms with Gasteiger partial charge < -0.3 is 10.6 Å². The van der Waals surface area contributed by atoms with Crippen LogP contribution in [0.1, 0.15) is 38.2 Å². The Labute approximate surface area is 147 Å². The average molecular weight is 388 g/mol. The molecule has 1 amide bonds. The lowest BCUT2D eigenvalue weighted by Crippen LogP contribution is -2.46. The predicted octanol–water partition coefficient (Wildman–Crippen LogP) is 3.49. The van der Waals surface area contributed by atoms with E-state index in [1.165, 1.54) is 5.56 Å². The second-order valence-corrected chi connectivity index (χ2v) is 7.49. The molecular weight excluding hydrogens is 364 g/mol. The zero-order chi connectivity index (χ0) is 15.0. The molecule has 2 N–H and O–H groups in total. The lowest BCUT2D eigenvalue weighted by Gasteiger charge is -2.36. The third kappa shape index (κ3) is 3.34. The molecule has 1 aliphatic carbocycles. The summed E-state index contributed by atoms with van der Waals surface area (Å²) in [6, 6.07) is 8.48. The number of carbonyl (C=O) groups is 1. The molecule has 3 nitrogen and oxygen atoms in total. The lowest BCUT2D eigenvalue weighted by atomic mass is 9.88. The van der Waals surface area contributed by atoms with Crippen molar-refractivity contribution in [2.75, 3.05) is 13.1 Å². The standard InChI is InChI=1S/C17H23BrN2O.ClH/c1-12(19)13-6-10-20(11-7-13)16(21)17(8-9-17)14-2-4-15(18)5-3-14;/h2-5,12-13H,6-11,19H2,1H3;1H. The molecule has 1 heterocycles. The van der Waals surface area contributed by atoms with Gasteiger partial charge in [-0.1, -0.05) is 28.1 Å². The van der Waals surface area contributed by atoms with Gasteiger partial charge in [-0.15, -0.1) is 12.4 Å². The van der Waals surface area contributed by atoms with E-state index in [-0.39, 0.29) is 23.9 Å². The number of halogens is 2. The minimum absolute atomic E-state index is 0. The molecule has 1 saturated heterocycles. The van der Waals surface area contributed by atoms with Crippen molar-refractivity contribution in [2.45, 2.75) is 44.1 Å². The van der Waals surface area contributed by atoms with Gasteiger partial charge in [0.05, 0.1) is 5.41 Å². The number of amides is 1. The fourth-order valence-corrected chi connectivity index (χ4v) is 3.72. The molecule has 122 valence electrons. The molecule has 5 heteroatoms. The van der Waals surface area contributed by atoms with E-state index in [0.29, 0.717) is 11.8 Å². The summed E-state index contributed by atoms with van der Waals surface area (Å²) >= 11 is 3.46. The number of hydrogen-bond acceptors (Lipinski definition) is 2. The molecule has 1 atom stereocenters. The van der Waals surface area contributed by atoms with E-state index in [0.717, 1.165) is 43.2 Å². The van der Waals surface area contributed by atoms with Crippen LogP contribution in [0.25, 0.3) is 0 Å². The number of rotatable bonds is 3. The molecule has 0 bridgehead atoms. The van der Waals surface area contributed by atoms with Crippen molar-refractivity contribution >= 4 is 34.2 Å². The van der Waals surface area contributed by atoms with Crippen LogP contribution in [0.4, 0.5) is 0 Å². The van der Waals surface area contributed by atoms with Crippen LogP contribution in [0.2, 0.25) is 0 Å². The Morgan fingerprint density at radius 2 is 1.82 bits per heavy atom. The molecule has 3 rings (SSSR count). The third-order valence-electron chi connectivity index (χ3n) is 5.13. The van der Waals surface area contributed by atoms with Crippen LogP contribution >= 0.6 is 28.3 Å². The van der Waals surface area contributed by atoms with Crippen molar-refractivity contribution < 1.29 is 4.79 Å². The molecule has 0 aromatic heterocycles. The monoisotopic (exact) mass is 386 g/mol. The first-order chi connectivity index (χ1) is 10.0. The van der Waals surface area contributed by atoms with Gasteiger partial charge in [0.2, 0.25) is 5.91 Å². The van der Waals surface area contributed by atoms with E-state index in [2.05, 4.69) is 39.9 Å². The van der Waals surface area contributed by atoms with E-state index in [4.69, 9.17) is 5.73 Å². The highest BCUT2D eigenvalue weighted by atomic mass is 79.9. The molecule has 0 spiro atoms. The van der Waals surface area contributed by atoms with Crippen LogP contribution in [0.15, 0.2) is 28.7 Å². The van der Waals surface area contributed by atoms with Crippen molar-refractivity contribution in [1.29, 1.82) is 0 Å². The van der Waals surface area contributed by atoms with Crippen LogP contribution in [-0.4, -0.2) is 29.9 Å². The molecule has 2 fully saturated rings. The van der Waals surface area contributed by atoms with Gasteiger partial charge in [-0.2, -0.15) is 0 Å². The van der Waals surface area contributed by atoms with Gasteiger partial charge in [-0.3, -0.25) is 4.79 Å². The van der Waals surface area contributed by atoms with Gasteiger partial charge in [0.15, 0.2) is 0 Å². The smallest absolute Gasteiger partial charge is 0.233 e. The van der Waals surface area contributed by atoms with Crippen molar-refractivity contribution in [2.24, 2.45) is 11.7 Å². The van der Waals surface area contributed by atoms with Crippen molar-refractivity contribution in [3.63, 3.8) is 0 Å². The Bertz CT molecular complexity index is 520. The quantitative estimate of drug-likeness (QED) is 0.863. The highest BCUT2D eigenvalue weighted by molar-refractivity contribution is 9.10. The van der Waals surface area contributed by atoms with Crippen LogP contribution in [0, 0.1) is 5.92 Å². The van der Waals surface area contributed by atoms with Gasteiger partial charge in [0, 0.05) is 23.6 Å². The van der Waals surface area contributed by atoms with E-state index >= 15 is 0 Å². The largest absolute Gasteiger partial charge is 0.342 e. The molecule has 0 radical (unpaired) electrons. The second kappa shape index (κ2) is 6.90. The number of hydrogen-bond donors (Lipinski definition) is 1. The summed E-state index contributed by atoms with van der Waals surface area (Å²) < 4.78 is 1.06. The van der Waals surface area contributed by atoms with Crippen molar-refractivity contribution in [1.82, 2.24) is 4.90 Å². The van der Waals surface area contributed by atoms with Crippen molar-refractivity contribution in [3.05, 3.63) is 34.3 Å². The van der Waals surface area contributed by atoms with Crippen LogP contribution in [-0.2, 0) is 10.2 Å². The van der Waals surface area contributed by atoms with Gasteiger partial charge in [0.25, 0.3) is 0 Å². The minimum Gasteiger partial charge on any atom is -0.342 e. The first-order valence-electron chi connectivity index (χ1n) is 7.84. The molecule has 1 unspecified atom stereocenters. The molecule has 1 aromatic rings. The van der Waals surface area contributed by atoms with E-state index in [1.54, 1.807) is 0 Å². The number of nitrogens with zero attached hydrogens (tertiary/aromatic N) is 1. The Morgan fingerprint density at radius 1 is 1.27 bits per heavy atom. The zero-order valence-electron chi connectivity index (χ0n) is 12.9. The summed E-state index contributed by atoms with van der Waals surface area (Å²) in [5.41, 5.74) is 6.92. The zero-order valence-corrected chi connectivity index (χ0v) is 15.3. The lowest BCUT2D eigenvalue weighted by molar-refractivity contribution is -0.135. The Kier molecular flexibility index (Phi) is 5.57. The number of piperidine rings is 1. The number of benzene rings is 1. The summed E-state index contributed by atoms with van der Waals surface area (Å²) in [6.07, 6.45) is 4.06. The summed E-state index contributed by atoms with van der Waals surface area (Å²) in [5, 5.41) is 0. The number of nitrogens with two attached hydrogens (primary N) is 1. The fraction of sp³-hybridized carbons (Fsp3) is 0.588. The van der Waals surface area contributed by atoms with Crippen LogP contribution in [0.3, 0.4) is 0 Å². The Balaban J connectivity index is 0.00000176. The molecule has 1 aliphatic heterocycles. The number of carbonyl (C=O) groups excluding carboxylic acids is 1. The third-order valence-corrected chi connectivity index (χ3v) is 5.66. The predicted molar refractivity (Wildman–Crippen MR) is 95.3 cm³/mol. The van der Waals surface area contributed by atoms with Crippen molar-refractivity contribution in [3.8, 4) is 0 Å². The van der Waals surface area contributed by atoms with E-state index in [9.17, 15) is 4.79 Å². The maximum Gasteiger partial charge on any atom is 0.233 e. The van der Waals surface area contributed by atoms with Gasteiger partial charge in [-0.05, 0) is 56.2 Å². The molecule has 1 aromatic carbocycles. The number of likely N-dealkylation sites (tertiary alicyclic amines) is 1. The normalized spacial score (nSPS) is 21.9. The molecule has 1 saturated carbocycles. The van der Waals surface area contributed by atoms with E-state index in [1.807, 2.05) is 12.1 Å². The first kappa shape index (κ1) is 17.8. The van der Waals surface area contributed by atoms with Crippen LogP contribution in [0.5, 0.6) is 0 Å². The Morgan fingerprint density at radius 3 is 2.27 bits per heavy atom. The van der Waals surface area contributed by atoms with Gasteiger partial charge in [0.1, 0.15) is 0 Å². The highest BCUT2D eigenvalue weighted by Gasteiger charge is 2.53. The second-order valence-electron chi connectivity index (χ2n) is 6.58. The fourth-order valence-electron chi connectivity index (χ4n) is 3.45. The van der Waals surface area contributed by atoms with Gasteiger partial charge in [-0.25, -0.2) is 0 Å². The summed E-state index contributed by atoms with van der Waals surface area (Å²) in [6.45, 7) is 3.80. The summed E-state index contributed by atoms with van der Waals surface area (Å²) in [7, 11) is 0. The van der Waals surface area contributed by atoms with E-state index < -0.39 is 0 Å². The van der Waals surface area contributed by atoms with Crippen LogP contribution < -0.4 is 5.73 Å². The SMILES string of the molecule is CC(N)C1CCN(C(=O)C2(c3ccc(Br)cc3)CC2)CC1.Cl. The Hall–Kier alpha value is -0.580. The highest BCUT2D eigenvalue weighted by Crippen LogP contribution is 2.50. The topological polar surface area (TPSA) is 46.3 Å². The first-order valence-corrected chi connectivity index (χ1v) is 8.63. The summed E-state index contributed by atoms with van der Waals surface area (Å²) in [5.74, 6) is 0.893. The molecule has 22 heavy (non-hydrogen) atoms. The molecule has 2 aliphatic rings. The van der Waals surface area contributed by atoms with Gasteiger partial charge >= 0.3 is 0 Å². The maximum atomic E-state index is 12.9. The average Bonchev–Trinajstić information content (AvgIpc) is 3.29. The molecular formula is C17H24BrClN2O. The summed E-state index contributed by atoms with van der Waals surface area (Å²) in [4.78, 5) is 15.0.